The Balaban J connectivity index is 2.44. The van der Waals surface area contributed by atoms with E-state index in [1.165, 1.54) is 32.1 Å². The van der Waals surface area contributed by atoms with E-state index in [-0.39, 0.29) is 0 Å². The zero-order valence-electron chi connectivity index (χ0n) is 9.20. The van der Waals surface area contributed by atoms with Crippen molar-refractivity contribution in [1.29, 1.82) is 0 Å². The first kappa shape index (κ1) is 11.1. The molecule has 0 unspecified atom stereocenters. The van der Waals surface area contributed by atoms with Crippen LogP contribution in [0.15, 0.2) is 17.1 Å². The maximum atomic E-state index is 5.00. The molecule has 0 saturated heterocycles. The van der Waals surface area contributed by atoms with E-state index < -0.39 is 0 Å². The van der Waals surface area contributed by atoms with Crippen LogP contribution in [-0.2, 0) is 0 Å². The molecule has 1 heterocycles. The van der Waals surface area contributed by atoms with Gasteiger partial charge in [0.25, 0.3) is 0 Å². The number of hydrogen-bond acceptors (Lipinski definition) is 3. The van der Waals surface area contributed by atoms with E-state index in [0.717, 1.165) is 18.9 Å². The molecule has 0 atom stereocenters. The number of nitrogens with zero attached hydrogens (tertiary/aromatic N) is 2. The molecule has 1 aromatic heterocycles. The van der Waals surface area contributed by atoms with Gasteiger partial charge < -0.3 is 9.32 Å². The molecule has 1 aromatic rings. The SMILES string of the molecule is CCCCN(CCCC)c1cocn1. The van der Waals surface area contributed by atoms with Gasteiger partial charge in [-0.1, -0.05) is 26.7 Å². The summed E-state index contributed by atoms with van der Waals surface area (Å²) in [7, 11) is 0. The molecule has 0 fully saturated rings. The number of hydrogen-bond donors (Lipinski definition) is 0. The summed E-state index contributed by atoms with van der Waals surface area (Å²) in [6.07, 6.45) is 8.11. The lowest BCUT2D eigenvalue weighted by Crippen LogP contribution is -2.25. The maximum absolute atomic E-state index is 5.00. The first-order valence-corrected chi connectivity index (χ1v) is 5.51. The summed E-state index contributed by atoms with van der Waals surface area (Å²) in [6, 6.07) is 0. The highest BCUT2D eigenvalue weighted by Crippen LogP contribution is 2.12. The molecule has 0 amide bonds. The van der Waals surface area contributed by atoms with Crippen LogP contribution in [0.1, 0.15) is 39.5 Å². The number of unbranched alkanes of at least 4 members (excludes halogenated alkanes) is 2. The van der Waals surface area contributed by atoms with Gasteiger partial charge in [-0.05, 0) is 12.8 Å². The first-order chi connectivity index (χ1) is 6.88. The number of rotatable bonds is 7. The second-order valence-electron chi connectivity index (χ2n) is 3.54. The number of aromatic nitrogens is 1. The van der Waals surface area contributed by atoms with Crippen LogP contribution in [0.5, 0.6) is 0 Å². The number of anilines is 1. The van der Waals surface area contributed by atoms with Gasteiger partial charge in [0.1, 0.15) is 6.26 Å². The molecule has 0 spiro atoms. The summed E-state index contributed by atoms with van der Waals surface area (Å²) in [5.41, 5.74) is 0. The van der Waals surface area contributed by atoms with Crippen LogP contribution in [0, 0.1) is 0 Å². The van der Waals surface area contributed by atoms with E-state index in [2.05, 4.69) is 23.7 Å². The average molecular weight is 196 g/mol. The zero-order valence-corrected chi connectivity index (χ0v) is 9.20. The Morgan fingerprint density at radius 2 is 1.86 bits per heavy atom. The van der Waals surface area contributed by atoms with E-state index in [9.17, 15) is 0 Å². The summed E-state index contributed by atoms with van der Waals surface area (Å²) in [6.45, 7) is 6.59. The molecule has 3 nitrogen and oxygen atoms in total. The second kappa shape index (κ2) is 6.46. The third-order valence-corrected chi connectivity index (χ3v) is 2.31. The van der Waals surface area contributed by atoms with Gasteiger partial charge in [0.2, 0.25) is 0 Å². The fourth-order valence-corrected chi connectivity index (χ4v) is 1.40. The minimum Gasteiger partial charge on any atom is -0.449 e. The van der Waals surface area contributed by atoms with Crippen molar-refractivity contribution in [3.8, 4) is 0 Å². The van der Waals surface area contributed by atoms with Gasteiger partial charge in [-0.15, -0.1) is 0 Å². The van der Waals surface area contributed by atoms with Crippen LogP contribution in [0.25, 0.3) is 0 Å². The quantitative estimate of drug-likeness (QED) is 0.671. The number of oxazole rings is 1. The molecule has 0 saturated carbocycles. The molecule has 14 heavy (non-hydrogen) atoms. The van der Waals surface area contributed by atoms with E-state index in [1.807, 2.05) is 0 Å². The van der Waals surface area contributed by atoms with Crippen molar-refractivity contribution in [1.82, 2.24) is 4.98 Å². The Kier molecular flexibility index (Phi) is 5.12. The molecular weight excluding hydrogens is 176 g/mol. The molecule has 1 rings (SSSR count). The van der Waals surface area contributed by atoms with E-state index in [4.69, 9.17) is 4.42 Å². The Hall–Kier alpha value is -0.990. The van der Waals surface area contributed by atoms with Crippen molar-refractivity contribution in [3.05, 3.63) is 12.7 Å². The lowest BCUT2D eigenvalue weighted by atomic mass is 10.2. The Morgan fingerprint density at radius 3 is 2.29 bits per heavy atom. The van der Waals surface area contributed by atoms with Crippen molar-refractivity contribution in [2.45, 2.75) is 39.5 Å². The van der Waals surface area contributed by atoms with Crippen LogP contribution in [0.4, 0.5) is 5.82 Å². The van der Waals surface area contributed by atoms with E-state index in [1.54, 1.807) is 6.26 Å². The van der Waals surface area contributed by atoms with Gasteiger partial charge in [-0.25, -0.2) is 0 Å². The van der Waals surface area contributed by atoms with Gasteiger partial charge in [0.15, 0.2) is 12.2 Å². The van der Waals surface area contributed by atoms with E-state index >= 15 is 0 Å². The molecule has 0 aromatic carbocycles. The van der Waals surface area contributed by atoms with Crippen LogP contribution in [0.2, 0.25) is 0 Å². The summed E-state index contributed by atoms with van der Waals surface area (Å²) in [5.74, 6) is 0.979. The lowest BCUT2D eigenvalue weighted by Gasteiger charge is -2.20. The highest BCUT2D eigenvalue weighted by molar-refractivity contribution is 5.33. The lowest BCUT2D eigenvalue weighted by molar-refractivity contribution is 0.556. The second-order valence-corrected chi connectivity index (χ2v) is 3.54. The molecule has 0 N–H and O–H groups in total. The summed E-state index contributed by atoms with van der Waals surface area (Å²) in [5, 5.41) is 0. The van der Waals surface area contributed by atoms with Crippen LogP contribution < -0.4 is 4.90 Å². The van der Waals surface area contributed by atoms with Crippen molar-refractivity contribution < 1.29 is 4.42 Å². The molecule has 0 aliphatic rings. The zero-order chi connectivity index (χ0) is 10.2. The highest BCUT2D eigenvalue weighted by Gasteiger charge is 2.07. The molecule has 3 heteroatoms. The molecule has 0 aliphatic heterocycles. The topological polar surface area (TPSA) is 29.3 Å². The molecule has 0 bridgehead atoms. The Bertz CT molecular complexity index is 213. The predicted molar refractivity (Wildman–Crippen MR) is 58.5 cm³/mol. The largest absolute Gasteiger partial charge is 0.449 e. The van der Waals surface area contributed by atoms with Gasteiger partial charge in [-0.3, -0.25) is 0 Å². The smallest absolute Gasteiger partial charge is 0.182 e. The molecule has 0 aliphatic carbocycles. The summed E-state index contributed by atoms with van der Waals surface area (Å²) < 4.78 is 5.00. The van der Waals surface area contributed by atoms with Crippen LogP contribution in [-0.4, -0.2) is 18.1 Å². The fraction of sp³-hybridized carbons (Fsp3) is 0.727. The van der Waals surface area contributed by atoms with Crippen molar-refractivity contribution in [2.24, 2.45) is 0 Å². The first-order valence-electron chi connectivity index (χ1n) is 5.51. The van der Waals surface area contributed by atoms with Crippen molar-refractivity contribution in [2.75, 3.05) is 18.0 Å². The van der Waals surface area contributed by atoms with Crippen LogP contribution in [0.3, 0.4) is 0 Å². The van der Waals surface area contributed by atoms with E-state index in [0.29, 0.717) is 0 Å². The van der Waals surface area contributed by atoms with Gasteiger partial charge >= 0.3 is 0 Å². The van der Waals surface area contributed by atoms with Crippen molar-refractivity contribution >= 4 is 5.82 Å². The maximum Gasteiger partial charge on any atom is 0.182 e. The summed E-state index contributed by atoms with van der Waals surface area (Å²) in [4.78, 5) is 6.48. The monoisotopic (exact) mass is 196 g/mol. The third kappa shape index (κ3) is 3.40. The highest BCUT2D eigenvalue weighted by atomic mass is 16.3. The van der Waals surface area contributed by atoms with Crippen LogP contribution >= 0.6 is 0 Å². The minimum absolute atomic E-state index is 0.979. The third-order valence-electron chi connectivity index (χ3n) is 2.31. The van der Waals surface area contributed by atoms with Gasteiger partial charge in [0, 0.05) is 13.1 Å². The molecular formula is C11H20N2O. The standard InChI is InChI=1S/C11H20N2O/c1-3-5-7-13(8-6-4-2)11-9-14-10-12-11/h9-10H,3-8H2,1-2H3. The Labute approximate surface area is 86.1 Å². The van der Waals surface area contributed by atoms with Gasteiger partial charge in [-0.2, -0.15) is 4.98 Å². The van der Waals surface area contributed by atoms with Crippen molar-refractivity contribution in [3.63, 3.8) is 0 Å². The Morgan fingerprint density at radius 1 is 1.21 bits per heavy atom. The fourth-order valence-electron chi connectivity index (χ4n) is 1.40. The molecule has 0 radical (unpaired) electrons. The normalized spacial score (nSPS) is 10.4. The minimum atomic E-state index is 0.979. The summed E-state index contributed by atoms with van der Waals surface area (Å²) >= 11 is 0. The van der Waals surface area contributed by atoms with Gasteiger partial charge in [0.05, 0.1) is 0 Å². The molecule has 80 valence electrons. The predicted octanol–water partition coefficient (Wildman–Crippen LogP) is 3.08. The average Bonchev–Trinajstić information content (AvgIpc) is 2.71.